The molecule has 1 aromatic heterocycles. The Morgan fingerprint density at radius 1 is 1.09 bits per heavy atom. The van der Waals surface area contributed by atoms with Gasteiger partial charge in [0.1, 0.15) is 19.0 Å². The van der Waals surface area contributed by atoms with Gasteiger partial charge in [0.05, 0.1) is 17.9 Å². The molecule has 2 aromatic carbocycles. The first-order chi connectivity index (χ1) is 15.5. The van der Waals surface area contributed by atoms with Crippen LogP contribution >= 0.6 is 0 Å². The molecule has 0 bridgehead atoms. The van der Waals surface area contributed by atoms with Crippen LogP contribution in [-0.2, 0) is 10.0 Å². The third kappa shape index (κ3) is 3.91. The lowest BCUT2D eigenvalue weighted by Crippen LogP contribution is -2.39. The molecule has 0 aliphatic carbocycles. The number of sulfonamides is 1. The number of ether oxygens (including phenoxy) is 3. The molecule has 0 unspecified atom stereocenters. The second-order valence-corrected chi connectivity index (χ2v) is 9.63. The van der Waals surface area contributed by atoms with Gasteiger partial charge >= 0.3 is 0 Å². The van der Waals surface area contributed by atoms with E-state index in [1.165, 1.54) is 10.4 Å². The molecule has 1 saturated heterocycles. The van der Waals surface area contributed by atoms with Gasteiger partial charge in [-0.3, -0.25) is 0 Å². The molecule has 0 saturated carbocycles. The average molecular weight is 458 g/mol. The highest BCUT2D eigenvalue weighted by atomic mass is 32.2. The van der Waals surface area contributed by atoms with Crippen LogP contribution in [0.1, 0.15) is 24.7 Å². The van der Waals surface area contributed by atoms with Gasteiger partial charge in [-0.05, 0) is 37.1 Å². The third-order valence-corrected chi connectivity index (χ3v) is 7.52. The van der Waals surface area contributed by atoms with Crippen molar-refractivity contribution >= 4 is 10.0 Å². The summed E-state index contributed by atoms with van der Waals surface area (Å²) in [6, 6.07) is 12.1. The Bertz CT molecular complexity index is 1230. The zero-order chi connectivity index (χ0) is 22.1. The standard InChI is InChI=1S/C22H23N3O6S/c1-28-17-6-2-4-15(12-17)21-23-22(31-24-21)16-5-3-9-25(14-16)32(26,27)18-7-8-19-20(13-18)30-11-10-29-19/h2,4,6-8,12-13,16H,3,5,9-11,14H2,1H3/t16-/m1/s1. The van der Waals surface area contributed by atoms with Crippen molar-refractivity contribution in [2.45, 2.75) is 23.7 Å². The van der Waals surface area contributed by atoms with Crippen molar-refractivity contribution in [3.8, 4) is 28.6 Å². The van der Waals surface area contributed by atoms with Crippen molar-refractivity contribution < 1.29 is 27.2 Å². The summed E-state index contributed by atoms with van der Waals surface area (Å²) in [6.45, 7) is 1.56. The number of methoxy groups -OCH3 is 1. The second-order valence-electron chi connectivity index (χ2n) is 7.70. The first kappa shape index (κ1) is 20.8. The van der Waals surface area contributed by atoms with Gasteiger partial charge in [0, 0.05) is 24.7 Å². The maximum atomic E-state index is 13.3. The Balaban J connectivity index is 1.36. The largest absolute Gasteiger partial charge is 0.497 e. The number of benzene rings is 2. The molecule has 32 heavy (non-hydrogen) atoms. The van der Waals surface area contributed by atoms with Crippen molar-refractivity contribution in [3.63, 3.8) is 0 Å². The van der Waals surface area contributed by atoms with Crippen molar-refractivity contribution in [2.24, 2.45) is 0 Å². The lowest BCUT2D eigenvalue weighted by atomic mass is 10.00. The van der Waals surface area contributed by atoms with Gasteiger partial charge < -0.3 is 18.7 Å². The smallest absolute Gasteiger partial charge is 0.243 e. The Morgan fingerprint density at radius 2 is 1.94 bits per heavy atom. The molecule has 10 heteroatoms. The van der Waals surface area contributed by atoms with Crippen LogP contribution in [0.15, 0.2) is 51.9 Å². The lowest BCUT2D eigenvalue weighted by Gasteiger charge is -2.30. The fourth-order valence-corrected chi connectivity index (χ4v) is 5.52. The van der Waals surface area contributed by atoms with Crippen molar-refractivity contribution in [2.75, 3.05) is 33.4 Å². The number of piperidine rings is 1. The van der Waals surface area contributed by atoms with Crippen LogP contribution in [0.25, 0.3) is 11.4 Å². The van der Waals surface area contributed by atoms with E-state index >= 15 is 0 Å². The van der Waals surface area contributed by atoms with Gasteiger partial charge in [0.25, 0.3) is 0 Å². The summed E-state index contributed by atoms with van der Waals surface area (Å²) in [5.41, 5.74) is 0.774. The van der Waals surface area contributed by atoms with Crippen LogP contribution in [0.5, 0.6) is 17.2 Å². The maximum Gasteiger partial charge on any atom is 0.243 e. The Kier molecular flexibility index (Phi) is 5.48. The van der Waals surface area contributed by atoms with E-state index in [9.17, 15) is 8.42 Å². The van der Waals surface area contributed by atoms with Crippen LogP contribution in [-0.4, -0.2) is 56.3 Å². The summed E-state index contributed by atoms with van der Waals surface area (Å²) in [7, 11) is -2.10. The van der Waals surface area contributed by atoms with Gasteiger partial charge in [0.2, 0.25) is 21.7 Å². The van der Waals surface area contributed by atoms with E-state index in [1.807, 2.05) is 24.3 Å². The molecule has 1 atom stereocenters. The van der Waals surface area contributed by atoms with Crippen molar-refractivity contribution in [1.29, 1.82) is 0 Å². The molecule has 3 aromatic rings. The Hall–Kier alpha value is -3.11. The summed E-state index contributed by atoms with van der Waals surface area (Å²) >= 11 is 0. The van der Waals surface area contributed by atoms with Gasteiger partial charge in [-0.2, -0.15) is 9.29 Å². The number of aromatic nitrogens is 2. The molecule has 168 valence electrons. The second kappa shape index (κ2) is 8.44. The molecule has 2 aliphatic heterocycles. The van der Waals surface area contributed by atoms with E-state index in [0.29, 0.717) is 55.1 Å². The fourth-order valence-electron chi connectivity index (χ4n) is 3.98. The topological polar surface area (TPSA) is 104 Å². The van der Waals surface area contributed by atoms with Crippen molar-refractivity contribution in [1.82, 2.24) is 14.4 Å². The van der Waals surface area contributed by atoms with E-state index in [-0.39, 0.29) is 17.4 Å². The van der Waals surface area contributed by atoms with Crippen LogP contribution < -0.4 is 14.2 Å². The number of hydrogen-bond acceptors (Lipinski definition) is 8. The molecule has 0 radical (unpaired) electrons. The van der Waals surface area contributed by atoms with Gasteiger partial charge in [0.15, 0.2) is 11.5 Å². The number of hydrogen-bond donors (Lipinski definition) is 0. The predicted octanol–water partition coefficient (Wildman–Crippen LogP) is 3.08. The number of fused-ring (bicyclic) bond motifs is 1. The van der Waals surface area contributed by atoms with Crippen LogP contribution in [0.2, 0.25) is 0 Å². The summed E-state index contributed by atoms with van der Waals surface area (Å²) in [5.74, 6) is 2.41. The van der Waals surface area contributed by atoms with E-state index in [0.717, 1.165) is 12.0 Å². The quantitative estimate of drug-likeness (QED) is 0.576. The Morgan fingerprint density at radius 3 is 2.78 bits per heavy atom. The number of rotatable bonds is 5. The SMILES string of the molecule is COc1cccc(-c2noc([C@@H]3CCCN(S(=O)(=O)c4ccc5c(c4)OCCO5)C3)n2)c1. The molecular formula is C22H23N3O6S. The van der Waals surface area contributed by atoms with Gasteiger partial charge in [-0.25, -0.2) is 8.42 Å². The molecule has 1 fully saturated rings. The summed E-state index contributed by atoms with van der Waals surface area (Å²) in [6.07, 6.45) is 1.47. The Labute approximate surface area is 185 Å². The monoisotopic (exact) mass is 457 g/mol. The van der Waals surface area contributed by atoms with E-state index in [1.54, 1.807) is 19.2 Å². The normalized spacial score (nSPS) is 19.0. The molecule has 2 aliphatic rings. The third-order valence-electron chi connectivity index (χ3n) is 5.65. The summed E-state index contributed by atoms with van der Waals surface area (Å²) in [4.78, 5) is 4.72. The summed E-state index contributed by atoms with van der Waals surface area (Å²) < 4.78 is 49.9. The molecule has 0 N–H and O–H groups in total. The molecule has 3 heterocycles. The molecule has 0 amide bonds. The van der Waals surface area contributed by atoms with Gasteiger partial charge in [-0.1, -0.05) is 17.3 Å². The average Bonchev–Trinajstić information content (AvgIpc) is 3.34. The number of nitrogens with zero attached hydrogens (tertiary/aromatic N) is 3. The zero-order valence-electron chi connectivity index (χ0n) is 17.6. The van der Waals surface area contributed by atoms with Crippen molar-refractivity contribution in [3.05, 3.63) is 48.4 Å². The van der Waals surface area contributed by atoms with E-state index < -0.39 is 10.0 Å². The summed E-state index contributed by atoms with van der Waals surface area (Å²) in [5, 5.41) is 4.09. The maximum absolute atomic E-state index is 13.3. The predicted molar refractivity (Wildman–Crippen MR) is 114 cm³/mol. The molecular weight excluding hydrogens is 434 g/mol. The minimum atomic E-state index is -3.70. The lowest BCUT2D eigenvalue weighted by molar-refractivity contribution is 0.171. The highest BCUT2D eigenvalue weighted by Gasteiger charge is 2.34. The van der Waals surface area contributed by atoms with E-state index in [2.05, 4.69) is 10.1 Å². The molecule has 5 rings (SSSR count). The zero-order valence-corrected chi connectivity index (χ0v) is 18.4. The van der Waals surface area contributed by atoms with Gasteiger partial charge in [-0.15, -0.1) is 0 Å². The molecule has 9 nitrogen and oxygen atoms in total. The highest BCUT2D eigenvalue weighted by Crippen LogP contribution is 2.35. The van der Waals surface area contributed by atoms with Crippen LogP contribution in [0.3, 0.4) is 0 Å². The molecule has 0 spiro atoms. The fraction of sp³-hybridized carbons (Fsp3) is 0.364. The van der Waals surface area contributed by atoms with Crippen LogP contribution in [0.4, 0.5) is 0 Å². The van der Waals surface area contributed by atoms with E-state index in [4.69, 9.17) is 18.7 Å². The first-order valence-electron chi connectivity index (χ1n) is 10.4. The van der Waals surface area contributed by atoms with Crippen LogP contribution in [0, 0.1) is 0 Å². The minimum Gasteiger partial charge on any atom is -0.497 e. The first-order valence-corrected chi connectivity index (χ1v) is 11.9. The minimum absolute atomic E-state index is 0.178. The highest BCUT2D eigenvalue weighted by molar-refractivity contribution is 7.89.